The summed E-state index contributed by atoms with van der Waals surface area (Å²) in [4.78, 5) is 0. The smallest absolute Gasteiger partial charge is 0.161 e. The van der Waals surface area contributed by atoms with Crippen LogP contribution in [0.25, 0.3) is 0 Å². The number of hydrogen-bond donors (Lipinski definition) is 1. The summed E-state index contributed by atoms with van der Waals surface area (Å²) in [6.45, 7) is 12.9. The zero-order valence-electron chi connectivity index (χ0n) is 13.5. The Morgan fingerprint density at radius 2 is 1.80 bits per heavy atom. The predicted molar refractivity (Wildman–Crippen MR) is 84.5 cm³/mol. The Morgan fingerprint density at radius 1 is 1.05 bits per heavy atom. The Balaban J connectivity index is 2.73. The predicted octanol–water partition coefficient (Wildman–Crippen LogP) is 4.01. The fourth-order valence-corrected chi connectivity index (χ4v) is 1.72. The molecule has 114 valence electrons. The number of nitrogens with one attached hydrogen (secondary N) is 1. The molecule has 0 amide bonds. The molecule has 0 saturated heterocycles. The van der Waals surface area contributed by atoms with E-state index in [2.05, 4.69) is 45.1 Å². The van der Waals surface area contributed by atoms with Gasteiger partial charge in [-0.1, -0.05) is 40.2 Å². The van der Waals surface area contributed by atoms with Crippen molar-refractivity contribution in [1.82, 2.24) is 5.32 Å². The van der Waals surface area contributed by atoms with E-state index < -0.39 is 0 Å². The van der Waals surface area contributed by atoms with Crippen LogP contribution in [0.3, 0.4) is 0 Å². The summed E-state index contributed by atoms with van der Waals surface area (Å²) in [5, 5.41) is 3.41. The molecule has 0 heterocycles. The van der Waals surface area contributed by atoms with Crippen molar-refractivity contribution in [2.45, 2.75) is 53.6 Å². The van der Waals surface area contributed by atoms with Crippen molar-refractivity contribution >= 4 is 0 Å². The molecule has 0 aliphatic rings. The maximum atomic E-state index is 5.88. The van der Waals surface area contributed by atoms with Gasteiger partial charge in [0, 0.05) is 12.6 Å². The van der Waals surface area contributed by atoms with Gasteiger partial charge in [0.2, 0.25) is 0 Å². The molecule has 1 aromatic carbocycles. The molecule has 0 radical (unpaired) electrons. The van der Waals surface area contributed by atoms with Crippen LogP contribution < -0.4 is 14.8 Å². The lowest BCUT2D eigenvalue weighted by molar-refractivity contribution is 0.237. The first-order chi connectivity index (χ1) is 9.56. The third kappa shape index (κ3) is 5.83. The van der Waals surface area contributed by atoms with Gasteiger partial charge in [-0.05, 0) is 30.5 Å². The van der Waals surface area contributed by atoms with E-state index in [0.717, 1.165) is 31.1 Å². The third-order valence-electron chi connectivity index (χ3n) is 3.24. The molecule has 20 heavy (non-hydrogen) atoms. The van der Waals surface area contributed by atoms with Crippen LogP contribution in [-0.4, -0.2) is 19.3 Å². The molecule has 0 aliphatic heterocycles. The van der Waals surface area contributed by atoms with Crippen LogP contribution in [0, 0.1) is 5.92 Å². The summed E-state index contributed by atoms with van der Waals surface area (Å²) in [5.41, 5.74) is 1.22. The minimum Gasteiger partial charge on any atom is -0.490 e. The molecular weight excluding hydrogens is 250 g/mol. The largest absolute Gasteiger partial charge is 0.490 e. The SMILES string of the molecule is CCOc1cc(CNC(C)C)ccc1OCC(C)CC. The molecule has 1 unspecified atom stereocenters. The van der Waals surface area contributed by atoms with E-state index in [-0.39, 0.29) is 0 Å². The fraction of sp³-hybridized carbons (Fsp3) is 0.647. The molecule has 1 N–H and O–H groups in total. The third-order valence-corrected chi connectivity index (χ3v) is 3.24. The van der Waals surface area contributed by atoms with E-state index in [1.165, 1.54) is 5.56 Å². The van der Waals surface area contributed by atoms with E-state index in [0.29, 0.717) is 18.6 Å². The summed E-state index contributed by atoms with van der Waals surface area (Å²) in [7, 11) is 0. The zero-order chi connectivity index (χ0) is 15.0. The van der Waals surface area contributed by atoms with E-state index >= 15 is 0 Å². The molecule has 0 aromatic heterocycles. The first-order valence-electron chi connectivity index (χ1n) is 7.68. The number of rotatable bonds is 9. The molecule has 1 rings (SSSR count). The second-order valence-electron chi connectivity index (χ2n) is 5.57. The molecule has 3 heteroatoms. The molecular formula is C17H29NO2. The monoisotopic (exact) mass is 279 g/mol. The average Bonchev–Trinajstić information content (AvgIpc) is 2.44. The Bertz CT molecular complexity index is 391. The Labute approximate surface area is 123 Å². The van der Waals surface area contributed by atoms with Gasteiger partial charge in [0.25, 0.3) is 0 Å². The lowest BCUT2D eigenvalue weighted by Crippen LogP contribution is -2.21. The lowest BCUT2D eigenvalue weighted by Gasteiger charge is -2.16. The number of benzene rings is 1. The van der Waals surface area contributed by atoms with Gasteiger partial charge in [0.15, 0.2) is 11.5 Å². The van der Waals surface area contributed by atoms with Crippen molar-refractivity contribution < 1.29 is 9.47 Å². The topological polar surface area (TPSA) is 30.5 Å². The minimum atomic E-state index is 0.479. The van der Waals surface area contributed by atoms with Crippen molar-refractivity contribution in [2.75, 3.05) is 13.2 Å². The average molecular weight is 279 g/mol. The van der Waals surface area contributed by atoms with Gasteiger partial charge in [-0.3, -0.25) is 0 Å². The Hall–Kier alpha value is -1.22. The summed E-state index contributed by atoms with van der Waals surface area (Å²) < 4.78 is 11.6. The highest BCUT2D eigenvalue weighted by Gasteiger charge is 2.08. The normalized spacial score (nSPS) is 12.5. The second kappa shape index (κ2) is 8.85. The molecule has 0 aliphatic carbocycles. The van der Waals surface area contributed by atoms with Crippen LogP contribution in [0.1, 0.15) is 46.6 Å². The number of hydrogen-bond acceptors (Lipinski definition) is 3. The van der Waals surface area contributed by atoms with Gasteiger partial charge in [-0.25, -0.2) is 0 Å². The first-order valence-corrected chi connectivity index (χ1v) is 7.68. The second-order valence-corrected chi connectivity index (χ2v) is 5.57. The van der Waals surface area contributed by atoms with Crippen LogP contribution in [-0.2, 0) is 6.54 Å². The van der Waals surface area contributed by atoms with Crippen LogP contribution in [0.2, 0.25) is 0 Å². The van der Waals surface area contributed by atoms with E-state index in [9.17, 15) is 0 Å². The van der Waals surface area contributed by atoms with Crippen molar-refractivity contribution in [1.29, 1.82) is 0 Å². The summed E-state index contributed by atoms with van der Waals surface area (Å²) in [6, 6.07) is 6.67. The molecule has 0 saturated carbocycles. The standard InChI is InChI=1S/C17H29NO2/c1-6-14(5)12-20-16-9-8-15(11-18-13(3)4)10-17(16)19-7-2/h8-10,13-14,18H,6-7,11-12H2,1-5H3. The molecule has 1 atom stereocenters. The summed E-state index contributed by atoms with van der Waals surface area (Å²) in [5.74, 6) is 2.26. The van der Waals surface area contributed by atoms with E-state index in [4.69, 9.17) is 9.47 Å². The van der Waals surface area contributed by atoms with Gasteiger partial charge in [-0.2, -0.15) is 0 Å². The van der Waals surface area contributed by atoms with Gasteiger partial charge in [-0.15, -0.1) is 0 Å². The number of ether oxygens (including phenoxy) is 2. The zero-order valence-corrected chi connectivity index (χ0v) is 13.5. The molecule has 0 bridgehead atoms. The maximum Gasteiger partial charge on any atom is 0.161 e. The minimum absolute atomic E-state index is 0.479. The summed E-state index contributed by atoms with van der Waals surface area (Å²) in [6.07, 6.45) is 1.13. The fourth-order valence-electron chi connectivity index (χ4n) is 1.72. The lowest BCUT2D eigenvalue weighted by atomic mass is 10.1. The molecule has 0 fully saturated rings. The van der Waals surface area contributed by atoms with Gasteiger partial charge < -0.3 is 14.8 Å². The maximum absolute atomic E-state index is 5.88. The first kappa shape index (κ1) is 16.8. The van der Waals surface area contributed by atoms with Crippen molar-refractivity contribution in [3.63, 3.8) is 0 Å². The van der Waals surface area contributed by atoms with Crippen molar-refractivity contribution in [2.24, 2.45) is 5.92 Å². The highest BCUT2D eigenvalue weighted by molar-refractivity contribution is 5.43. The van der Waals surface area contributed by atoms with Crippen LogP contribution >= 0.6 is 0 Å². The van der Waals surface area contributed by atoms with Crippen molar-refractivity contribution in [3.8, 4) is 11.5 Å². The van der Waals surface area contributed by atoms with E-state index in [1.54, 1.807) is 0 Å². The van der Waals surface area contributed by atoms with Crippen LogP contribution in [0.15, 0.2) is 18.2 Å². The van der Waals surface area contributed by atoms with Gasteiger partial charge in [0.05, 0.1) is 13.2 Å². The van der Waals surface area contributed by atoms with Gasteiger partial charge in [0.1, 0.15) is 0 Å². The summed E-state index contributed by atoms with van der Waals surface area (Å²) >= 11 is 0. The van der Waals surface area contributed by atoms with Crippen molar-refractivity contribution in [3.05, 3.63) is 23.8 Å². The molecule has 3 nitrogen and oxygen atoms in total. The Kier molecular flexibility index (Phi) is 7.45. The van der Waals surface area contributed by atoms with Crippen LogP contribution in [0.4, 0.5) is 0 Å². The quantitative estimate of drug-likeness (QED) is 0.741. The molecule has 1 aromatic rings. The van der Waals surface area contributed by atoms with E-state index in [1.807, 2.05) is 13.0 Å². The highest BCUT2D eigenvalue weighted by atomic mass is 16.5. The molecule has 0 spiro atoms. The van der Waals surface area contributed by atoms with Gasteiger partial charge >= 0.3 is 0 Å². The highest BCUT2D eigenvalue weighted by Crippen LogP contribution is 2.29. The van der Waals surface area contributed by atoms with Crippen LogP contribution in [0.5, 0.6) is 11.5 Å². The Morgan fingerprint density at radius 3 is 2.40 bits per heavy atom.